The lowest BCUT2D eigenvalue weighted by atomic mass is 9.89. The first-order valence-corrected chi connectivity index (χ1v) is 8.48. The molecule has 2 amide bonds. The summed E-state index contributed by atoms with van der Waals surface area (Å²) in [5.41, 5.74) is 0.701. The van der Waals surface area contributed by atoms with Gasteiger partial charge in [0.2, 0.25) is 0 Å². The Morgan fingerprint density at radius 1 is 1.19 bits per heavy atom. The van der Waals surface area contributed by atoms with Crippen LogP contribution in [0.2, 0.25) is 0 Å². The molecular formula is C17H19N5O4. The lowest BCUT2D eigenvalue weighted by Crippen LogP contribution is -2.59. The molecule has 2 aliphatic rings. The third-order valence-corrected chi connectivity index (χ3v) is 5.05. The summed E-state index contributed by atoms with van der Waals surface area (Å²) in [5, 5.41) is 3.67. The van der Waals surface area contributed by atoms with Gasteiger partial charge in [-0.05, 0) is 19.8 Å². The van der Waals surface area contributed by atoms with Crippen molar-refractivity contribution in [2.45, 2.75) is 25.4 Å². The largest absolute Gasteiger partial charge is 0.363 e. The van der Waals surface area contributed by atoms with Gasteiger partial charge < -0.3 is 19.1 Å². The molecular weight excluding hydrogens is 338 g/mol. The maximum absolute atomic E-state index is 12.6. The molecule has 2 aromatic rings. The molecule has 2 aromatic heterocycles. The molecule has 9 heteroatoms. The van der Waals surface area contributed by atoms with Crippen LogP contribution >= 0.6 is 0 Å². The molecule has 26 heavy (non-hydrogen) atoms. The minimum atomic E-state index is -0.454. The highest BCUT2D eigenvalue weighted by Gasteiger charge is 2.43. The number of amides is 2. The van der Waals surface area contributed by atoms with Gasteiger partial charge in [-0.1, -0.05) is 5.16 Å². The Labute approximate surface area is 149 Å². The minimum absolute atomic E-state index is 0.0214. The summed E-state index contributed by atoms with van der Waals surface area (Å²) < 4.78 is 10.9. The van der Waals surface area contributed by atoms with Crippen molar-refractivity contribution in [2.24, 2.45) is 0 Å². The molecule has 0 atom stereocenters. The lowest BCUT2D eigenvalue weighted by Gasteiger charge is -2.46. The SMILES string of the molecule is Cc1oncc1C(=O)N1CCC2(CC1)CN(c1cncnc1)C(=O)CO2. The van der Waals surface area contributed by atoms with Crippen molar-refractivity contribution in [1.29, 1.82) is 0 Å². The molecule has 1 spiro atoms. The van der Waals surface area contributed by atoms with Gasteiger partial charge in [0.05, 0.1) is 36.4 Å². The number of nitrogens with zero attached hydrogens (tertiary/aromatic N) is 5. The quantitative estimate of drug-likeness (QED) is 0.784. The van der Waals surface area contributed by atoms with Gasteiger partial charge in [-0.15, -0.1) is 0 Å². The highest BCUT2D eigenvalue weighted by Crippen LogP contribution is 2.33. The molecule has 9 nitrogen and oxygen atoms in total. The van der Waals surface area contributed by atoms with E-state index in [0.717, 1.165) is 0 Å². The van der Waals surface area contributed by atoms with Crippen LogP contribution in [0.5, 0.6) is 0 Å². The predicted octanol–water partition coefficient (Wildman–Crippen LogP) is 0.811. The minimum Gasteiger partial charge on any atom is -0.363 e. The molecule has 0 N–H and O–H groups in total. The number of morpholine rings is 1. The fourth-order valence-corrected chi connectivity index (χ4v) is 3.47. The summed E-state index contributed by atoms with van der Waals surface area (Å²) in [5.74, 6) is 0.327. The second kappa shape index (κ2) is 6.49. The Bertz CT molecular complexity index is 814. The van der Waals surface area contributed by atoms with Crippen molar-refractivity contribution in [1.82, 2.24) is 20.0 Å². The molecule has 136 valence electrons. The number of aromatic nitrogens is 3. The van der Waals surface area contributed by atoms with E-state index >= 15 is 0 Å². The predicted molar refractivity (Wildman–Crippen MR) is 89.4 cm³/mol. The number of likely N-dealkylation sites (tertiary alicyclic amines) is 1. The van der Waals surface area contributed by atoms with Gasteiger partial charge in [-0.3, -0.25) is 9.59 Å². The summed E-state index contributed by atoms with van der Waals surface area (Å²) in [6.45, 7) is 3.29. The van der Waals surface area contributed by atoms with E-state index in [1.807, 2.05) is 0 Å². The molecule has 0 saturated carbocycles. The van der Waals surface area contributed by atoms with Crippen LogP contribution in [0.15, 0.2) is 29.4 Å². The number of piperidine rings is 1. The second-order valence-corrected chi connectivity index (χ2v) is 6.64. The molecule has 4 rings (SSSR count). The Morgan fingerprint density at radius 2 is 1.92 bits per heavy atom. The van der Waals surface area contributed by atoms with Gasteiger partial charge in [-0.25, -0.2) is 9.97 Å². The van der Waals surface area contributed by atoms with Crippen molar-refractivity contribution in [2.75, 3.05) is 31.1 Å². The maximum Gasteiger partial charge on any atom is 0.259 e. The fraction of sp³-hybridized carbons (Fsp3) is 0.471. The van der Waals surface area contributed by atoms with E-state index in [1.54, 1.807) is 29.1 Å². The van der Waals surface area contributed by atoms with Crippen LogP contribution in [0.25, 0.3) is 0 Å². The number of hydrogen-bond acceptors (Lipinski definition) is 7. The summed E-state index contributed by atoms with van der Waals surface area (Å²) in [4.78, 5) is 36.3. The number of hydrogen-bond donors (Lipinski definition) is 0. The molecule has 0 unspecified atom stereocenters. The van der Waals surface area contributed by atoms with Crippen LogP contribution in [0.1, 0.15) is 29.0 Å². The van der Waals surface area contributed by atoms with E-state index in [9.17, 15) is 9.59 Å². The number of aryl methyl sites for hydroxylation is 1. The van der Waals surface area contributed by atoms with E-state index in [4.69, 9.17) is 9.26 Å². The van der Waals surface area contributed by atoms with Gasteiger partial charge in [-0.2, -0.15) is 0 Å². The first kappa shape index (κ1) is 16.6. The smallest absolute Gasteiger partial charge is 0.259 e. The van der Waals surface area contributed by atoms with Crippen molar-refractivity contribution in [3.63, 3.8) is 0 Å². The van der Waals surface area contributed by atoms with Crippen LogP contribution in [-0.4, -0.2) is 63.7 Å². The van der Waals surface area contributed by atoms with Crippen LogP contribution in [0.3, 0.4) is 0 Å². The first-order valence-electron chi connectivity index (χ1n) is 8.48. The number of carbonyl (C=O) groups is 2. The van der Waals surface area contributed by atoms with Crippen LogP contribution < -0.4 is 4.90 Å². The third kappa shape index (κ3) is 2.94. The van der Waals surface area contributed by atoms with Crippen LogP contribution in [0, 0.1) is 6.92 Å². The third-order valence-electron chi connectivity index (χ3n) is 5.05. The average molecular weight is 357 g/mol. The maximum atomic E-state index is 12.6. The first-order chi connectivity index (χ1) is 12.6. The van der Waals surface area contributed by atoms with Gasteiger partial charge >= 0.3 is 0 Å². The van der Waals surface area contributed by atoms with E-state index < -0.39 is 5.60 Å². The van der Waals surface area contributed by atoms with Gasteiger partial charge in [0, 0.05) is 13.1 Å². The monoisotopic (exact) mass is 357 g/mol. The topological polar surface area (TPSA) is 102 Å². The average Bonchev–Trinajstić information content (AvgIpc) is 3.11. The molecule has 0 aliphatic carbocycles. The van der Waals surface area contributed by atoms with Crippen molar-refractivity contribution in [3.05, 3.63) is 36.2 Å². The van der Waals surface area contributed by atoms with Crippen molar-refractivity contribution in [3.8, 4) is 0 Å². The van der Waals surface area contributed by atoms with Gasteiger partial charge in [0.15, 0.2) is 0 Å². The highest BCUT2D eigenvalue weighted by molar-refractivity contribution is 5.95. The molecule has 2 fully saturated rings. The standard InChI is InChI=1S/C17H19N5O4/c1-12-14(8-20-26-12)16(24)21-4-2-17(3-5-21)10-22(15(23)9-25-17)13-6-18-11-19-7-13/h6-8,11H,2-5,9-10H2,1H3. The van der Waals surface area contributed by atoms with Gasteiger partial charge in [0.1, 0.15) is 24.3 Å². The molecule has 0 radical (unpaired) electrons. The number of rotatable bonds is 2. The van der Waals surface area contributed by atoms with E-state index in [1.165, 1.54) is 12.5 Å². The zero-order chi connectivity index (χ0) is 18.1. The van der Waals surface area contributed by atoms with Crippen LogP contribution in [0.4, 0.5) is 5.69 Å². The van der Waals surface area contributed by atoms with Crippen LogP contribution in [-0.2, 0) is 9.53 Å². The zero-order valence-electron chi connectivity index (χ0n) is 14.4. The van der Waals surface area contributed by atoms with Gasteiger partial charge in [0.25, 0.3) is 11.8 Å². The van der Waals surface area contributed by atoms with E-state index in [-0.39, 0.29) is 18.4 Å². The number of ether oxygens (including phenoxy) is 1. The molecule has 2 aliphatic heterocycles. The molecule has 4 heterocycles. The summed E-state index contributed by atoms with van der Waals surface area (Å²) in [7, 11) is 0. The number of carbonyl (C=O) groups excluding carboxylic acids is 2. The Morgan fingerprint density at radius 3 is 2.58 bits per heavy atom. The Kier molecular flexibility index (Phi) is 4.15. The lowest BCUT2D eigenvalue weighted by molar-refractivity contribution is -0.143. The van der Waals surface area contributed by atoms with E-state index in [0.29, 0.717) is 49.5 Å². The zero-order valence-corrected chi connectivity index (χ0v) is 14.4. The summed E-state index contributed by atoms with van der Waals surface area (Å²) >= 11 is 0. The molecule has 0 aromatic carbocycles. The summed E-state index contributed by atoms with van der Waals surface area (Å²) in [6.07, 6.45) is 7.44. The Hall–Kier alpha value is -2.81. The van der Waals surface area contributed by atoms with E-state index in [2.05, 4.69) is 15.1 Å². The fourth-order valence-electron chi connectivity index (χ4n) is 3.47. The number of anilines is 1. The summed E-state index contributed by atoms with van der Waals surface area (Å²) in [6, 6.07) is 0. The molecule has 2 saturated heterocycles. The Balaban J connectivity index is 1.45. The highest BCUT2D eigenvalue weighted by atomic mass is 16.5. The van der Waals surface area contributed by atoms with Crippen molar-refractivity contribution >= 4 is 17.5 Å². The second-order valence-electron chi connectivity index (χ2n) is 6.64. The molecule has 0 bridgehead atoms. The normalized spacial score (nSPS) is 19.8. The van der Waals surface area contributed by atoms with Crippen molar-refractivity contribution < 1.29 is 18.8 Å².